The second-order valence-electron chi connectivity index (χ2n) is 5.47. The van der Waals surface area contributed by atoms with Gasteiger partial charge in [0, 0.05) is 11.1 Å². The minimum Gasteiger partial charge on any atom is -0.465 e. The number of carbonyl (C=O) groups excluding carboxylic acids is 3. The highest BCUT2D eigenvalue weighted by atomic mass is 35.5. The monoisotopic (exact) mass is 396 g/mol. The first-order valence-corrected chi connectivity index (χ1v) is 8.06. The highest BCUT2D eigenvalue weighted by Gasteiger charge is 2.22. The van der Waals surface area contributed by atoms with Crippen LogP contribution in [-0.2, 0) is 14.3 Å². The second-order valence-corrected chi connectivity index (χ2v) is 5.88. The molecule has 0 saturated carbocycles. The van der Waals surface area contributed by atoms with E-state index in [1.807, 2.05) is 5.32 Å². The summed E-state index contributed by atoms with van der Waals surface area (Å²) in [7, 11) is 1.02. The molecule has 2 amide bonds. The van der Waals surface area contributed by atoms with Gasteiger partial charge in [-0.2, -0.15) is 0 Å². The maximum atomic E-state index is 13.8. The molecule has 2 N–H and O–H groups in total. The van der Waals surface area contributed by atoms with Crippen molar-refractivity contribution < 1.29 is 27.9 Å². The van der Waals surface area contributed by atoms with E-state index in [1.54, 1.807) is 31.2 Å². The minimum absolute atomic E-state index is 0.401. The summed E-state index contributed by atoms with van der Waals surface area (Å²) in [4.78, 5) is 35.5. The van der Waals surface area contributed by atoms with Crippen LogP contribution in [-0.4, -0.2) is 24.9 Å². The van der Waals surface area contributed by atoms with E-state index in [0.717, 1.165) is 13.2 Å². The number of nitrogens with one attached hydrogen (secondary N) is 2. The Balaban J connectivity index is 2.14. The van der Waals surface area contributed by atoms with Gasteiger partial charge < -0.3 is 15.4 Å². The summed E-state index contributed by atoms with van der Waals surface area (Å²) in [6.45, 7) is 1.61. The van der Waals surface area contributed by atoms with Crippen LogP contribution >= 0.6 is 11.6 Å². The number of benzene rings is 2. The minimum atomic E-state index is -1.20. The summed E-state index contributed by atoms with van der Waals surface area (Å²) in [6, 6.07) is 7.29. The van der Waals surface area contributed by atoms with E-state index in [-0.39, 0.29) is 0 Å². The molecule has 2 aromatic carbocycles. The van der Waals surface area contributed by atoms with Gasteiger partial charge in [0.05, 0.1) is 24.4 Å². The van der Waals surface area contributed by atoms with Gasteiger partial charge in [0.25, 0.3) is 0 Å². The fourth-order valence-electron chi connectivity index (χ4n) is 2.26. The van der Waals surface area contributed by atoms with E-state index in [2.05, 4.69) is 10.1 Å². The van der Waals surface area contributed by atoms with Crippen LogP contribution in [0.4, 0.5) is 14.5 Å². The summed E-state index contributed by atoms with van der Waals surface area (Å²) >= 11 is 6.03. The average Bonchev–Trinajstić information content (AvgIpc) is 2.63. The maximum absolute atomic E-state index is 13.8. The van der Waals surface area contributed by atoms with E-state index in [1.165, 1.54) is 0 Å². The Morgan fingerprint density at radius 2 is 1.74 bits per heavy atom. The van der Waals surface area contributed by atoms with Crippen LogP contribution in [0.25, 0.3) is 0 Å². The molecule has 1 unspecified atom stereocenters. The van der Waals surface area contributed by atoms with Gasteiger partial charge in [0.15, 0.2) is 0 Å². The third-order valence-electron chi connectivity index (χ3n) is 3.64. The number of hydrogen-bond acceptors (Lipinski definition) is 4. The molecule has 6 nitrogen and oxygen atoms in total. The van der Waals surface area contributed by atoms with Crippen molar-refractivity contribution in [3.8, 4) is 0 Å². The van der Waals surface area contributed by atoms with Gasteiger partial charge in [-0.15, -0.1) is 0 Å². The lowest BCUT2D eigenvalue weighted by Crippen LogP contribution is -2.37. The van der Waals surface area contributed by atoms with Gasteiger partial charge in [-0.1, -0.05) is 29.8 Å². The molecule has 1 atom stereocenters. The Hall–Kier alpha value is -3.00. The van der Waals surface area contributed by atoms with Crippen molar-refractivity contribution in [2.75, 3.05) is 12.4 Å². The molecule has 0 fully saturated rings. The zero-order valence-corrected chi connectivity index (χ0v) is 15.1. The molecule has 142 valence electrons. The SMILES string of the molecule is COC(=O)c1cc(NC(=O)C(=O)NC(C)c2ccccc2Cl)c(F)cc1F. The number of ether oxygens (including phenoxy) is 1. The highest BCUT2D eigenvalue weighted by Crippen LogP contribution is 2.23. The standard InChI is InChI=1S/C18H15ClF2N2O4/c1-9(10-5-3-4-6-12(10)19)22-16(24)17(25)23-15-7-11(18(26)27-2)13(20)8-14(15)21/h3-9H,1-2H3,(H,22,24)(H,23,25). The summed E-state index contributed by atoms with van der Waals surface area (Å²) in [5.74, 6) is -5.63. The quantitative estimate of drug-likeness (QED) is 0.614. The molecular formula is C18H15ClF2N2O4. The summed E-state index contributed by atoms with van der Waals surface area (Å²) < 4.78 is 31.8. The van der Waals surface area contributed by atoms with Gasteiger partial charge in [0.2, 0.25) is 0 Å². The molecule has 0 saturated heterocycles. The summed E-state index contributed by atoms with van der Waals surface area (Å²) in [5.41, 5.74) is -0.539. The number of carbonyl (C=O) groups is 3. The Bertz CT molecular complexity index is 905. The van der Waals surface area contributed by atoms with E-state index in [9.17, 15) is 23.2 Å². The van der Waals surface area contributed by atoms with Crippen molar-refractivity contribution in [3.05, 3.63) is 64.2 Å². The molecule has 27 heavy (non-hydrogen) atoms. The molecule has 2 aromatic rings. The molecule has 0 aliphatic rings. The van der Waals surface area contributed by atoms with Crippen LogP contribution in [0, 0.1) is 11.6 Å². The lowest BCUT2D eigenvalue weighted by atomic mass is 10.1. The Labute approximate surface area is 158 Å². The first kappa shape index (κ1) is 20.3. The van der Waals surface area contributed by atoms with Gasteiger partial charge in [-0.25, -0.2) is 13.6 Å². The van der Waals surface area contributed by atoms with Crippen LogP contribution in [0.2, 0.25) is 5.02 Å². The fourth-order valence-corrected chi connectivity index (χ4v) is 2.56. The molecule has 0 aromatic heterocycles. The Morgan fingerprint density at radius 1 is 1.07 bits per heavy atom. The first-order chi connectivity index (χ1) is 12.7. The molecule has 0 radical (unpaired) electrons. The van der Waals surface area contributed by atoms with Crippen molar-refractivity contribution >= 4 is 35.1 Å². The molecular weight excluding hydrogens is 382 g/mol. The molecule has 2 rings (SSSR count). The third-order valence-corrected chi connectivity index (χ3v) is 3.98. The number of amides is 2. The maximum Gasteiger partial charge on any atom is 0.340 e. The lowest BCUT2D eigenvalue weighted by Gasteiger charge is -2.15. The number of methoxy groups -OCH3 is 1. The van der Waals surface area contributed by atoms with Crippen molar-refractivity contribution in [2.45, 2.75) is 13.0 Å². The van der Waals surface area contributed by atoms with Crippen LogP contribution in [0.15, 0.2) is 36.4 Å². The van der Waals surface area contributed by atoms with Crippen molar-refractivity contribution in [2.24, 2.45) is 0 Å². The smallest absolute Gasteiger partial charge is 0.340 e. The fraction of sp³-hybridized carbons (Fsp3) is 0.167. The lowest BCUT2D eigenvalue weighted by molar-refractivity contribution is -0.136. The molecule has 9 heteroatoms. The molecule has 0 heterocycles. The van der Waals surface area contributed by atoms with Crippen molar-refractivity contribution in [3.63, 3.8) is 0 Å². The molecule has 0 spiro atoms. The van der Waals surface area contributed by atoms with Gasteiger partial charge in [0.1, 0.15) is 11.6 Å². The van der Waals surface area contributed by atoms with Crippen LogP contribution in [0.3, 0.4) is 0 Å². The molecule has 0 aliphatic heterocycles. The van der Waals surface area contributed by atoms with E-state index >= 15 is 0 Å². The predicted molar refractivity (Wildman–Crippen MR) is 94.3 cm³/mol. The number of halogens is 3. The number of anilines is 1. The van der Waals surface area contributed by atoms with Crippen LogP contribution < -0.4 is 10.6 Å². The second kappa shape index (κ2) is 8.59. The van der Waals surface area contributed by atoms with E-state index in [0.29, 0.717) is 16.7 Å². The highest BCUT2D eigenvalue weighted by molar-refractivity contribution is 6.39. The zero-order valence-electron chi connectivity index (χ0n) is 14.3. The van der Waals surface area contributed by atoms with E-state index in [4.69, 9.17) is 11.6 Å². The van der Waals surface area contributed by atoms with Crippen molar-refractivity contribution in [1.82, 2.24) is 5.32 Å². The molecule has 0 bridgehead atoms. The van der Waals surface area contributed by atoms with E-state index < -0.39 is 46.7 Å². The summed E-state index contributed by atoms with van der Waals surface area (Å²) in [6.07, 6.45) is 0. The van der Waals surface area contributed by atoms with Gasteiger partial charge >= 0.3 is 17.8 Å². The number of esters is 1. The predicted octanol–water partition coefficient (Wildman–Crippen LogP) is 3.22. The van der Waals surface area contributed by atoms with Gasteiger partial charge in [-0.3, -0.25) is 9.59 Å². The third kappa shape index (κ3) is 4.79. The largest absolute Gasteiger partial charge is 0.465 e. The van der Waals surface area contributed by atoms with Crippen molar-refractivity contribution in [1.29, 1.82) is 0 Å². The number of hydrogen-bond donors (Lipinski definition) is 2. The first-order valence-electron chi connectivity index (χ1n) is 7.68. The average molecular weight is 397 g/mol. The molecule has 0 aliphatic carbocycles. The number of rotatable bonds is 4. The van der Waals surface area contributed by atoms with Crippen LogP contribution in [0.1, 0.15) is 28.9 Å². The Kier molecular flexibility index (Phi) is 6.46. The Morgan fingerprint density at radius 3 is 2.37 bits per heavy atom. The summed E-state index contributed by atoms with van der Waals surface area (Å²) in [5, 5.41) is 4.81. The van der Waals surface area contributed by atoms with Gasteiger partial charge in [-0.05, 0) is 24.6 Å². The normalized spacial score (nSPS) is 11.4. The zero-order chi connectivity index (χ0) is 20.1. The van der Waals surface area contributed by atoms with Crippen LogP contribution in [0.5, 0.6) is 0 Å². The topological polar surface area (TPSA) is 84.5 Å².